The smallest absolute Gasteiger partial charge is 0.292 e. The quantitative estimate of drug-likeness (QED) is 0.578. The molecule has 0 saturated carbocycles. The number of amides is 1. The molecule has 0 spiro atoms. The first-order valence-electron chi connectivity index (χ1n) is 8.38. The Hall–Kier alpha value is -2.93. The predicted molar refractivity (Wildman–Crippen MR) is 100 cm³/mol. The van der Waals surface area contributed by atoms with Crippen LogP contribution in [0.25, 0.3) is 0 Å². The summed E-state index contributed by atoms with van der Waals surface area (Å²) < 4.78 is 5.42. The van der Waals surface area contributed by atoms with E-state index in [2.05, 4.69) is 5.32 Å². The third kappa shape index (κ3) is 5.03. The Morgan fingerprint density at radius 2 is 1.88 bits per heavy atom. The summed E-state index contributed by atoms with van der Waals surface area (Å²) in [5, 5.41) is 13.7. The van der Waals surface area contributed by atoms with Gasteiger partial charge in [0.25, 0.3) is 5.69 Å². The van der Waals surface area contributed by atoms with E-state index in [4.69, 9.17) is 4.74 Å². The number of rotatable bonds is 8. The fourth-order valence-corrected chi connectivity index (χ4v) is 2.46. The summed E-state index contributed by atoms with van der Waals surface area (Å²) >= 11 is 0. The molecule has 2 aromatic carbocycles. The van der Waals surface area contributed by atoms with Crippen LogP contribution < -0.4 is 10.1 Å². The largest absolute Gasteiger partial charge is 0.494 e. The van der Waals surface area contributed by atoms with Gasteiger partial charge in [0.15, 0.2) is 0 Å². The average molecular weight is 357 g/mol. The number of hydrogen-bond acceptors (Lipinski definition) is 5. The van der Waals surface area contributed by atoms with Crippen molar-refractivity contribution in [3.8, 4) is 5.75 Å². The summed E-state index contributed by atoms with van der Waals surface area (Å²) in [6.45, 7) is 4.87. The summed E-state index contributed by atoms with van der Waals surface area (Å²) in [6.07, 6.45) is 0. The molecular formula is C19H23N3O4. The number of nitrogens with zero attached hydrogens (tertiary/aromatic N) is 2. The van der Waals surface area contributed by atoms with Gasteiger partial charge in [-0.3, -0.25) is 19.8 Å². The van der Waals surface area contributed by atoms with Crippen LogP contribution in [0.15, 0.2) is 48.5 Å². The molecule has 0 aliphatic carbocycles. The molecule has 0 aliphatic rings. The average Bonchev–Trinajstić information content (AvgIpc) is 2.63. The van der Waals surface area contributed by atoms with Crippen molar-refractivity contribution in [2.75, 3.05) is 19.0 Å². The van der Waals surface area contributed by atoms with Gasteiger partial charge in [0, 0.05) is 12.6 Å². The van der Waals surface area contributed by atoms with Crippen molar-refractivity contribution in [3.05, 3.63) is 64.2 Å². The highest BCUT2D eigenvalue weighted by atomic mass is 16.6. The number of ether oxygens (including phenoxy) is 1. The molecule has 1 amide bonds. The minimum Gasteiger partial charge on any atom is -0.494 e. The van der Waals surface area contributed by atoms with E-state index < -0.39 is 11.0 Å². The molecule has 1 atom stereocenters. The van der Waals surface area contributed by atoms with E-state index in [9.17, 15) is 14.9 Å². The van der Waals surface area contributed by atoms with Crippen molar-refractivity contribution in [2.24, 2.45) is 0 Å². The molecule has 0 bridgehead atoms. The van der Waals surface area contributed by atoms with Gasteiger partial charge < -0.3 is 10.1 Å². The van der Waals surface area contributed by atoms with Gasteiger partial charge in [-0.1, -0.05) is 24.3 Å². The van der Waals surface area contributed by atoms with E-state index >= 15 is 0 Å². The fraction of sp³-hybridized carbons (Fsp3) is 0.316. The zero-order valence-corrected chi connectivity index (χ0v) is 15.1. The summed E-state index contributed by atoms with van der Waals surface area (Å²) in [5.74, 6) is 0.508. The molecule has 1 N–H and O–H groups in total. The second kappa shape index (κ2) is 8.96. The molecule has 2 aromatic rings. The summed E-state index contributed by atoms with van der Waals surface area (Å²) in [6, 6.07) is 13.3. The van der Waals surface area contributed by atoms with Gasteiger partial charge in [0.05, 0.1) is 17.6 Å². The summed E-state index contributed by atoms with van der Waals surface area (Å²) in [5.41, 5.74) is 1.12. The monoisotopic (exact) mass is 357 g/mol. The second-order valence-electron chi connectivity index (χ2n) is 5.93. The molecule has 2 rings (SSSR count). The first kappa shape index (κ1) is 19.4. The number of carbonyl (C=O) groups excluding carboxylic acids is 1. The highest BCUT2D eigenvalue weighted by Crippen LogP contribution is 2.23. The van der Waals surface area contributed by atoms with Crippen molar-refractivity contribution < 1.29 is 14.5 Å². The van der Waals surface area contributed by atoms with Crippen molar-refractivity contribution in [1.29, 1.82) is 0 Å². The summed E-state index contributed by atoms with van der Waals surface area (Å²) in [7, 11) is 1.83. The zero-order valence-electron chi connectivity index (χ0n) is 15.1. The molecule has 0 radical (unpaired) electrons. The number of benzene rings is 2. The lowest BCUT2D eigenvalue weighted by Crippen LogP contribution is -2.39. The molecule has 0 aromatic heterocycles. The van der Waals surface area contributed by atoms with Crippen molar-refractivity contribution >= 4 is 17.3 Å². The van der Waals surface area contributed by atoms with E-state index in [-0.39, 0.29) is 17.3 Å². The highest BCUT2D eigenvalue weighted by Gasteiger charge is 2.21. The van der Waals surface area contributed by atoms with Gasteiger partial charge >= 0.3 is 0 Å². The Morgan fingerprint density at radius 3 is 2.50 bits per heavy atom. The Bertz CT molecular complexity index is 762. The lowest BCUT2D eigenvalue weighted by Gasteiger charge is -2.24. The predicted octanol–water partition coefficient (Wildman–Crippen LogP) is 3.45. The van der Waals surface area contributed by atoms with Crippen LogP contribution in [0, 0.1) is 10.1 Å². The maximum Gasteiger partial charge on any atom is 0.292 e. The Kier molecular flexibility index (Phi) is 6.68. The van der Waals surface area contributed by atoms with Gasteiger partial charge in [-0.15, -0.1) is 0 Å². The lowest BCUT2D eigenvalue weighted by atomic mass is 10.1. The van der Waals surface area contributed by atoms with Crippen LogP contribution in [0.4, 0.5) is 11.4 Å². The van der Waals surface area contributed by atoms with Crippen molar-refractivity contribution in [3.63, 3.8) is 0 Å². The first-order valence-corrected chi connectivity index (χ1v) is 8.38. The summed E-state index contributed by atoms with van der Waals surface area (Å²) in [4.78, 5) is 24.9. The minimum atomic E-state index is -0.510. The highest BCUT2D eigenvalue weighted by molar-refractivity contribution is 5.96. The number of nitro groups is 1. The number of para-hydroxylation sites is 2. The fourth-order valence-electron chi connectivity index (χ4n) is 2.46. The number of hydrogen-bond donors (Lipinski definition) is 1. The molecule has 1 unspecified atom stereocenters. The number of anilines is 1. The van der Waals surface area contributed by atoms with E-state index in [0.717, 1.165) is 11.3 Å². The molecule has 0 heterocycles. The lowest BCUT2D eigenvalue weighted by molar-refractivity contribution is -0.383. The van der Waals surface area contributed by atoms with Crippen LogP contribution in [-0.2, 0) is 11.3 Å². The third-order valence-corrected chi connectivity index (χ3v) is 4.07. The van der Waals surface area contributed by atoms with Crippen LogP contribution in [0.3, 0.4) is 0 Å². The van der Waals surface area contributed by atoms with Crippen LogP contribution in [0.1, 0.15) is 19.4 Å². The molecule has 26 heavy (non-hydrogen) atoms. The number of likely N-dealkylation sites (N-methyl/N-ethyl adjacent to an activating group) is 1. The molecule has 138 valence electrons. The van der Waals surface area contributed by atoms with Crippen LogP contribution in [0.2, 0.25) is 0 Å². The molecule has 0 saturated heterocycles. The Labute approximate surface area is 152 Å². The standard InChI is InChI=1S/C19H23N3O4/c1-4-26-16-11-9-15(10-12-16)13-21(3)14(2)19(23)20-17-7-5-6-8-18(17)22(24)25/h5-12,14H,4,13H2,1-3H3,(H,20,23). The minimum absolute atomic E-state index is 0.123. The van der Waals surface area contributed by atoms with Gasteiger partial charge in [0.1, 0.15) is 11.4 Å². The van der Waals surface area contributed by atoms with E-state index in [1.54, 1.807) is 19.1 Å². The SMILES string of the molecule is CCOc1ccc(CN(C)C(C)C(=O)Nc2ccccc2[N+](=O)[O-])cc1. The van der Waals surface area contributed by atoms with Crippen molar-refractivity contribution in [1.82, 2.24) is 4.90 Å². The molecule has 7 heteroatoms. The number of nitrogens with one attached hydrogen (secondary N) is 1. The molecule has 0 fully saturated rings. The Morgan fingerprint density at radius 1 is 1.23 bits per heavy atom. The number of nitro benzene ring substituents is 1. The van der Waals surface area contributed by atoms with Crippen molar-refractivity contribution in [2.45, 2.75) is 26.4 Å². The van der Waals surface area contributed by atoms with Gasteiger partial charge in [-0.2, -0.15) is 0 Å². The third-order valence-electron chi connectivity index (χ3n) is 4.07. The van der Waals surface area contributed by atoms with E-state index in [0.29, 0.717) is 13.2 Å². The molecular weight excluding hydrogens is 334 g/mol. The number of carbonyl (C=O) groups is 1. The molecule has 7 nitrogen and oxygen atoms in total. The van der Waals surface area contributed by atoms with Crippen LogP contribution >= 0.6 is 0 Å². The van der Waals surface area contributed by atoms with Gasteiger partial charge in [-0.05, 0) is 44.7 Å². The van der Waals surface area contributed by atoms with E-state index in [1.807, 2.05) is 43.1 Å². The van der Waals surface area contributed by atoms with Gasteiger partial charge in [-0.25, -0.2) is 0 Å². The first-order chi connectivity index (χ1) is 12.4. The second-order valence-corrected chi connectivity index (χ2v) is 5.93. The zero-order chi connectivity index (χ0) is 19.1. The van der Waals surface area contributed by atoms with Crippen LogP contribution in [0.5, 0.6) is 5.75 Å². The van der Waals surface area contributed by atoms with E-state index in [1.165, 1.54) is 12.1 Å². The normalized spacial score (nSPS) is 11.8. The molecule has 0 aliphatic heterocycles. The van der Waals surface area contributed by atoms with Gasteiger partial charge in [0.2, 0.25) is 5.91 Å². The Balaban J connectivity index is 2.00. The maximum atomic E-state index is 12.5. The maximum absolute atomic E-state index is 12.5. The topological polar surface area (TPSA) is 84.7 Å². The van der Waals surface area contributed by atoms with Crippen LogP contribution in [-0.4, -0.2) is 35.4 Å².